The van der Waals surface area contributed by atoms with Crippen LogP contribution in [-0.4, -0.2) is 28.8 Å². The Morgan fingerprint density at radius 2 is 1.85 bits per heavy atom. The van der Waals surface area contributed by atoms with Crippen LogP contribution in [0.15, 0.2) is 60.8 Å². The Labute approximate surface area is 152 Å². The fourth-order valence-electron chi connectivity index (χ4n) is 3.13. The minimum absolute atomic E-state index is 0.284. The molecule has 0 bridgehead atoms. The van der Waals surface area contributed by atoms with Gasteiger partial charge in [0, 0.05) is 17.1 Å². The molecule has 6 nitrogen and oxygen atoms in total. The lowest BCUT2D eigenvalue weighted by Crippen LogP contribution is -2.23. The van der Waals surface area contributed by atoms with Crippen molar-refractivity contribution >= 4 is 17.5 Å². The maximum Gasteiger partial charge on any atom is 0.414 e. The molecule has 0 atom stereocenters. The first-order valence-electron chi connectivity index (χ1n) is 8.59. The highest BCUT2D eigenvalue weighted by atomic mass is 16.6. The zero-order chi connectivity index (χ0) is 17.9. The number of carbonyl (C=O) groups is 1. The van der Waals surface area contributed by atoms with E-state index in [-0.39, 0.29) is 6.09 Å². The lowest BCUT2D eigenvalue weighted by Gasteiger charge is -2.14. The number of nitrogens with one attached hydrogen (secondary N) is 1. The molecule has 2 heterocycles. The number of cyclic esters (lactones) is 1. The van der Waals surface area contributed by atoms with Gasteiger partial charge >= 0.3 is 6.09 Å². The van der Waals surface area contributed by atoms with Crippen molar-refractivity contribution in [3.8, 4) is 5.69 Å². The minimum Gasteiger partial charge on any atom is -0.447 e. The number of benzene rings is 2. The molecule has 1 saturated heterocycles. The van der Waals surface area contributed by atoms with Crippen molar-refractivity contribution in [1.82, 2.24) is 9.55 Å². The second-order valence-electron chi connectivity index (χ2n) is 6.13. The lowest BCUT2D eigenvalue weighted by molar-refractivity contribution is 0.181. The highest BCUT2D eigenvalue weighted by molar-refractivity contribution is 5.89. The number of rotatable bonds is 5. The van der Waals surface area contributed by atoms with E-state index in [9.17, 15) is 4.79 Å². The van der Waals surface area contributed by atoms with Crippen LogP contribution in [0.1, 0.15) is 11.5 Å². The number of aryl methyl sites for hydroxylation is 1. The number of hydrogen-bond acceptors (Lipinski definition) is 4. The number of ether oxygens (including phenoxy) is 1. The van der Waals surface area contributed by atoms with E-state index in [1.807, 2.05) is 55.6 Å². The van der Waals surface area contributed by atoms with Crippen molar-refractivity contribution in [3.63, 3.8) is 0 Å². The molecular weight excluding hydrogens is 328 g/mol. The Morgan fingerprint density at radius 1 is 1.08 bits per heavy atom. The zero-order valence-electron chi connectivity index (χ0n) is 14.6. The molecule has 1 N–H and O–H groups in total. The van der Waals surface area contributed by atoms with Crippen LogP contribution in [0.5, 0.6) is 0 Å². The Morgan fingerprint density at radius 3 is 2.54 bits per heavy atom. The van der Waals surface area contributed by atoms with Gasteiger partial charge in [0.25, 0.3) is 0 Å². The Kier molecular flexibility index (Phi) is 4.31. The van der Waals surface area contributed by atoms with Gasteiger partial charge in [-0.3, -0.25) is 9.47 Å². The van der Waals surface area contributed by atoms with Crippen LogP contribution in [-0.2, 0) is 11.3 Å². The van der Waals surface area contributed by atoms with Crippen LogP contribution in [0.25, 0.3) is 5.69 Å². The first-order chi connectivity index (χ1) is 12.7. The van der Waals surface area contributed by atoms with E-state index < -0.39 is 0 Å². The third kappa shape index (κ3) is 3.13. The summed E-state index contributed by atoms with van der Waals surface area (Å²) in [5.74, 6) is 0.955. The molecule has 0 unspecified atom stereocenters. The van der Waals surface area contributed by atoms with Gasteiger partial charge in [0.15, 0.2) is 0 Å². The number of hydrogen-bond donors (Lipinski definition) is 1. The van der Waals surface area contributed by atoms with E-state index in [1.165, 1.54) is 0 Å². The highest BCUT2D eigenvalue weighted by Gasteiger charge is 2.23. The quantitative estimate of drug-likeness (QED) is 0.763. The summed E-state index contributed by atoms with van der Waals surface area (Å²) in [4.78, 5) is 17.7. The van der Waals surface area contributed by atoms with E-state index >= 15 is 0 Å². The van der Waals surface area contributed by atoms with Gasteiger partial charge in [-0.05, 0) is 43.3 Å². The van der Waals surface area contributed by atoms with E-state index in [0.29, 0.717) is 19.7 Å². The van der Waals surface area contributed by atoms with Gasteiger partial charge in [0.2, 0.25) is 0 Å². The summed E-state index contributed by atoms with van der Waals surface area (Å²) >= 11 is 0. The molecule has 26 heavy (non-hydrogen) atoms. The van der Waals surface area contributed by atoms with Crippen molar-refractivity contribution in [2.75, 3.05) is 23.4 Å². The minimum atomic E-state index is -0.284. The number of para-hydroxylation sites is 1. The number of nitrogens with zero attached hydrogens (tertiary/aromatic N) is 3. The number of anilines is 2. The van der Waals surface area contributed by atoms with Gasteiger partial charge in [0.1, 0.15) is 12.4 Å². The predicted molar refractivity (Wildman–Crippen MR) is 101 cm³/mol. The third-order valence-corrected chi connectivity index (χ3v) is 4.44. The zero-order valence-corrected chi connectivity index (χ0v) is 14.6. The summed E-state index contributed by atoms with van der Waals surface area (Å²) in [5.41, 5.74) is 4.02. The number of aromatic nitrogens is 2. The average Bonchev–Trinajstić information content (AvgIpc) is 3.26. The fraction of sp³-hybridized carbons (Fsp3) is 0.200. The van der Waals surface area contributed by atoms with E-state index in [4.69, 9.17) is 4.74 Å². The van der Waals surface area contributed by atoms with Crippen LogP contribution >= 0.6 is 0 Å². The molecule has 1 aromatic heterocycles. The number of amides is 1. The molecule has 1 aliphatic rings. The molecule has 4 rings (SSSR count). The molecule has 1 amide bonds. The predicted octanol–water partition coefficient (Wildman–Crippen LogP) is 3.75. The summed E-state index contributed by atoms with van der Waals surface area (Å²) in [6.45, 7) is 3.70. The van der Waals surface area contributed by atoms with Gasteiger partial charge in [-0.15, -0.1) is 0 Å². The molecule has 0 spiro atoms. The van der Waals surface area contributed by atoms with Crippen LogP contribution in [0.4, 0.5) is 16.2 Å². The van der Waals surface area contributed by atoms with E-state index in [1.54, 1.807) is 4.90 Å². The molecule has 132 valence electrons. The molecule has 2 aromatic carbocycles. The Hall–Kier alpha value is -3.28. The highest BCUT2D eigenvalue weighted by Crippen LogP contribution is 2.22. The molecule has 3 aromatic rings. The summed E-state index contributed by atoms with van der Waals surface area (Å²) in [5, 5.41) is 3.42. The van der Waals surface area contributed by atoms with Crippen LogP contribution < -0.4 is 10.2 Å². The smallest absolute Gasteiger partial charge is 0.414 e. The second kappa shape index (κ2) is 6.92. The number of imidazole rings is 1. The standard InChI is InChI=1S/C20H20N4O2/c1-15-21-13-19(24(15)18-5-3-2-4-6-18)14-22-16-7-9-17(10-8-16)23-11-12-26-20(23)25/h2-10,13,22H,11-12,14H2,1H3. The van der Waals surface area contributed by atoms with Crippen LogP contribution in [0.3, 0.4) is 0 Å². The molecule has 6 heteroatoms. The van der Waals surface area contributed by atoms with E-state index in [0.717, 1.165) is 28.6 Å². The van der Waals surface area contributed by atoms with Gasteiger partial charge < -0.3 is 10.1 Å². The molecule has 1 fully saturated rings. The van der Waals surface area contributed by atoms with E-state index in [2.05, 4.69) is 27.0 Å². The molecule has 0 radical (unpaired) electrons. The van der Waals surface area contributed by atoms with Crippen molar-refractivity contribution in [2.24, 2.45) is 0 Å². The van der Waals surface area contributed by atoms with Gasteiger partial charge in [-0.2, -0.15) is 0 Å². The normalized spacial score (nSPS) is 13.7. The number of carbonyl (C=O) groups excluding carboxylic acids is 1. The van der Waals surface area contributed by atoms with Crippen molar-refractivity contribution < 1.29 is 9.53 Å². The maximum atomic E-state index is 11.6. The van der Waals surface area contributed by atoms with Crippen molar-refractivity contribution in [3.05, 3.63) is 72.3 Å². The van der Waals surface area contributed by atoms with Crippen LogP contribution in [0, 0.1) is 6.92 Å². The molecule has 0 saturated carbocycles. The Bertz CT molecular complexity index is 903. The third-order valence-electron chi connectivity index (χ3n) is 4.44. The van der Waals surface area contributed by atoms with Crippen molar-refractivity contribution in [2.45, 2.75) is 13.5 Å². The summed E-state index contributed by atoms with van der Waals surface area (Å²) in [7, 11) is 0. The van der Waals surface area contributed by atoms with Gasteiger partial charge in [-0.1, -0.05) is 18.2 Å². The van der Waals surface area contributed by atoms with Crippen molar-refractivity contribution in [1.29, 1.82) is 0 Å². The summed E-state index contributed by atoms with van der Waals surface area (Å²) in [6.07, 6.45) is 1.61. The van der Waals surface area contributed by atoms with Gasteiger partial charge in [-0.25, -0.2) is 9.78 Å². The summed E-state index contributed by atoms with van der Waals surface area (Å²) < 4.78 is 7.12. The summed E-state index contributed by atoms with van der Waals surface area (Å²) in [6, 6.07) is 18.0. The largest absolute Gasteiger partial charge is 0.447 e. The lowest BCUT2D eigenvalue weighted by atomic mass is 10.2. The van der Waals surface area contributed by atoms with Gasteiger partial charge in [0.05, 0.1) is 25.0 Å². The molecule has 1 aliphatic heterocycles. The molecular formula is C20H20N4O2. The first-order valence-corrected chi connectivity index (χ1v) is 8.59. The molecule has 0 aliphatic carbocycles. The SMILES string of the molecule is Cc1ncc(CNc2ccc(N3CCOC3=O)cc2)n1-c1ccccc1. The maximum absolute atomic E-state index is 11.6. The second-order valence-corrected chi connectivity index (χ2v) is 6.13. The van der Waals surface area contributed by atoms with Crippen LogP contribution in [0.2, 0.25) is 0 Å². The fourth-order valence-corrected chi connectivity index (χ4v) is 3.13. The first kappa shape index (κ1) is 16.2. The average molecular weight is 348 g/mol. The topological polar surface area (TPSA) is 59.4 Å². The monoisotopic (exact) mass is 348 g/mol. The Balaban J connectivity index is 1.47.